The van der Waals surface area contributed by atoms with Crippen molar-refractivity contribution in [1.29, 1.82) is 0 Å². The van der Waals surface area contributed by atoms with Crippen molar-refractivity contribution in [3.63, 3.8) is 0 Å². The molecule has 2 N–H and O–H groups in total. The summed E-state index contributed by atoms with van der Waals surface area (Å²) in [4.78, 5) is 3.60. The fourth-order valence-electron chi connectivity index (χ4n) is 3.23. The van der Waals surface area contributed by atoms with Gasteiger partial charge in [0.1, 0.15) is 0 Å². The summed E-state index contributed by atoms with van der Waals surface area (Å²) < 4.78 is 1.15. The second kappa shape index (κ2) is 4.10. The molecule has 0 fully saturated rings. The predicted molar refractivity (Wildman–Crippen MR) is 79.9 cm³/mol. The van der Waals surface area contributed by atoms with Crippen LogP contribution in [0.3, 0.4) is 0 Å². The minimum Gasteiger partial charge on any atom is -0.358 e. The van der Waals surface area contributed by atoms with Crippen LogP contribution in [0.1, 0.15) is 37.6 Å². The average molecular weight is 307 g/mol. The number of nitrogens with one attached hydrogen (secondary N) is 2. The molecule has 1 aliphatic carbocycles. The minimum atomic E-state index is 0.360. The summed E-state index contributed by atoms with van der Waals surface area (Å²) >= 11 is 3.57. The van der Waals surface area contributed by atoms with Crippen molar-refractivity contribution in [2.45, 2.75) is 32.7 Å². The van der Waals surface area contributed by atoms with E-state index in [2.05, 4.69) is 65.3 Å². The first-order valence-electron chi connectivity index (χ1n) is 6.47. The molecule has 0 saturated heterocycles. The van der Waals surface area contributed by atoms with Gasteiger partial charge in [-0.1, -0.05) is 29.8 Å². The van der Waals surface area contributed by atoms with Crippen LogP contribution in [0.4, 0.5) is 0 Å². The van der Waals surface area contributed by atoms with E-state index in [1.165, 1.54) is 28.6 Å². The molecule has 0 radical (unpaired) electrons. The minimum absolute atomic E-state index is 0.360. The summed E-state index contributed by atoms with van der Waals surface area (Å²) in [5.74, 6) is 0. The summed E-state index contributed by atoms with van der Waals surface area (Å²) in [5.41, 5.74) is 4.48. The highest BCUT2D eigenvalue weighted by Crippen LogP contribution is 2.43. The van der Waals surface area contributed by atoms with Crippen LogP contribution in [0, 0.1) is 5.41 Å². The third kappa shape index (κ3) is 1.90. The fourth-order valence-corrected chi connectivity index (χ4v) is 3.59. The number of benzene rings is 1. The lowest BCUT2D eigenvalue weighted by Crippen LogP contribution is -2.31. The van der Waals surface area contributed by atoms with Gasteiger partial charge in [-0.05, 0) is 49.1 Å². The fraction of sp³-hybridized carbons (Fsp3) is 0.467. The van der Waals surface area contributed by atoms with Crippen LogP contribution in [0.2, 0.25) is 0 Å². The van der Waals surface area contributed by atoms with E-state index in [0.717, 1.165) is 10.9 Å². The van der Waals surface area contributed by atoms with E-state index in [1.807, 2.05) is 0 Å². The van der Waals surface area contributed by atoms with Crippen LogP contribution >= 0.6 is 15.9 Å². The molecule has 3 heteroatoms. The predicted octanol–water partition coefficient (Wildman–Crippen LogP) is 4.16. The zero-order chi connectivity index (χ0) is 12.9. The van der Waals surface area contributed by atoms with Crippen molar-refractivity contribution in [3.8, 4) is 0 Å². The molecule has 2 nitrogen and oxygen atoms in total. The van der Waals surface area contributed by atoms with E-state index in [1.54, 1.807) is 0 Å². The second-order valence-electron chi connectivity index (χ2n) is 6.09. The monoisotopic (exact) mass is 306 g/mol. The van der Waals surface area contributed by atoms with Gasteiger partial charge in [0.2, 0.25) is 0 Å². The first-order valence-corrected chi connectivity index (χ1v) is 7.27. The highest BCUT2D eigenvalue weighted by Gasteiger charge is 2.33. The van der Waals surface area contributed by atoms with Gasteiger partial charge in [-0.15, -0.1) is 0 Å². The van der Waals surface area contributed by atoms with E-state index >= 15 is 0 Å². The molecule has 0 saturated carbocycles. The molecule has 1 heterocycles. The number of hydrogen-bond donors (Lipinski definition) is 2. The Labute approximate surface area is 116 Å². The highest BCUT2D eigenvalue weighted by molar-refractivity contribution is 9.10. The van der Waals surface area contributed by atoms with Gasteiger partial charge in [0.15, 0.2) is 0 Å². The molecule has 1 aromatic heterocycles. The maximum atomic E-state index is 3.60. The molecular weight excluding hydrogens is 288 g/mol. The maximum Gasteiger partial charge on any atom is 0.0460 e. The van der Waals surface area contributed by atoms with Gasteiger partial charge < -0.3 is 10.3 Å². The smallest absolute Gasteiger partial charge is 0.0460 e. The molecule has 1 aliphatic rings. The van der Waals surface area contributed by atoms with E-state index in [4.69, 9.17) is 0 Å². The van der Waals surface area contributed by atoms with E-state index in [9.17, 15) is 0 Å². The maximum absolute atomic E-state index is 3.60. The van der Waals surface area contributed by atoms with Crippen LogP contribution in [0.5, 0.6) is 0 Å². The lowest BCUT2D eigenvalue weighted by atomic mass is 9.74. The highest BCUT2D eigenvalue weighted by atomic mass is 79.9. The zero-order valence-corrected chi connectivity index (χ0v) is 12.7. The number of aromatic nitrogens is 1. The van der Waals surface area contributed by atoms with Crippen molar-refractivity contribution < 1.29 is 0 Å². The Balaban J connectivity index is 2.24. The number of aromatic amines is 1. The summed E-state index contributed by atoms with van der Waals surface area (Å²) in [6.07, 6.45) is 2.32. The Hall–Kier alpha value is -0.800. The Kier molecular flexibility index (Phi) is 2.79. The first-order chi connectivity index (χ1) is 8.50. The van der Waals surface area contributed by atoms with Gasteiger partial charge in [-0.3, -0.25) is 0 Å². The van der Waals surface area contributed by atoms with E-state index < -0.39 is 0 Å². The largest absolute Gasteiger partial charge is 0.358 e. The molecule has 18 heavy (non-hydrogen) atoms. The molecule has 96 valence electrons. The van der Waals surface area contributed by atoms with Gasteiger partial charge >= 0.3 is 0 Å². The molecule has 1 atom stereocenters. The molecule has 1 aromatic carbocycles. The number of hydrogen-bond acceptors (Lipinski definition) is 1. The number of H-pyrrole nitrogens is 1. The lowest BCUT2D eigenvalue weighted by Gasteiger charge is -2.35. The Bertz CT molecular complexity index is 598. The molecular formula is C15H19BrN2. The molecule has 3 rings (SSSR count). The average Bonchev–Trinajstić information content (AvgIpc) is 2.63. The molecule has 1 unspecified atom stereocenters. The quantitative estimate of drug-likeness (QED) is 0.813. The van der Waals surface area contributed by atoms with Gasteiger partial charge in [-0.25, -0.2) is 0 Å². The Morgan fingerprint density at radius 1 is 1.39 bits per heavy atom. The van der Waals surface area contributed by atoms with Gasteiger partial charge in [0.25, 0.3) is 0 Å². The van der Waals surface area contributed by atoms with Crippen molar-refractivity contribution in [1.82, 2.24) is 10.3 Å². The van der Waals surface area contributed by atoms with Crippen LogP contribution < -0.4 is 5.32 Å². The van der Waals surface area contributed by atoms with E-state index in [-0.39, 0.29) is 0 Å². The summed E-state index contributed by atoms with van der Waals surface area (Å²) in [5, 5.41) is 4.83. The molecule has 0 aliphatic heterocycles. The first kappa shape index (κ1) is 12.2. The van der Waals surface area contributed by atoms with Crippen LogP contribution in [-0.2, 0) is 6.42 Å². The van der Waals surface area contributed by atoms with Gasteiger partial charge in [0, 0.05) is 27.1 Å². The van der Waals surface area contributed by atoms with Crippen LogP contribution in [-0.4, -0.2) is 12.0 Å². The number of fused-ring (bicyclic) bond motifs is 3. The summed E-state index contributed by atoms with van der Waals surface area (Å²) in [6.45, 7) is 4.70. The van der Waals surface area contributed by atoms with Crippen LogP contribution in [0.25, 0.3) is 10.9 Å². The third-order valence-electron chi connectivity index (χ3n) is 3.99. The normalized spacial score (nSPS) is 22.1. The third-order valence-corrected chi connectivity index (χ3v) is 4.48. The standard InChI is InChI=1S/C15H19BrN2/c1-15(2)7-12(17-3)14-10-6-9(16)4-5-11(10)18-13(14)8-15/h4-6,12,17-18H,7-8H2,1-3H3. The molecule has 0 bridgehead atoms. The van der Waals surface area contributed by atoms with Crippen LogP contribution in [0.15, 0.2) is 22.7 Å². The van der Waals surface area contributed by atoms with Crippen molar-refractivity contribution >= 4 is 26.8 Å². The van der Waals surface area contributed by atoms with Crippen molar-refractivity contribution in [2.24, 2.45) is 5.41 Å². The molecule has 0 amide bonds. The summed E-state index contributed by atoms with van der Waals surface area (Å²) in [7, 11) is 2.06. The lowest BCUT2D eigenvalue weighted by molar-refractivity contribution is 0.264. The van der Waals surface area contributed by atoms with Gasteiger partial charge in [0.05, 0.1) is 0 Å². The number of halogens is 1. The van der Waals surface area contributed by atoms with Gasteiger partial charge in [-0.2, -0.15) is 0 Å². The Morgan fingerprint density at radius 2 is 2.17 bits per heavy atom. The molecule has 0 spiro atoms. The molecule has 2 aromatic rings. The zero-order valence-electron chi connectivity index (χ0n) is 11.1. The number of rotatable bonds is 1. The van der Waals surface area contributed by atoms with Crippen molar-refractivity contribution in [2.75, 3.05) is 7.05 Å². The van der Waals surface area contributed by atoms with E-state index in [0.29, 0.717) is 11.5 Å². The second-order valence-corrected chi connectivity index (χ2v) is 7.01. The Morgan fingerprint density at radius 3 is 2.89 bits per heavy atom. The SMILES string of the molecule is CNC1CC(C)(C)Cc2[nH]c3ccc(Br)cc3c21. The topological polar surface area (TPSA) is 27.8 Å². The van der Waals surface area contributed by atoms with Crippen molar-refractivity contribution in [3.05, 3.63) is 33.9 Å². The summed E-state index contributed by atoms with van der Waals surface area (Å²) in [6, 6.07) is 6.95.